The van der Waals surface area contributed by atoms with Crippen molar-refractivity contribution in [2.45, 2.75) is 39.8 Å². The van der Waals surface area contributed by atoms with E-state index >= 15 is 0 Å². The number of para-hydroxylation sites is 2. The monoisotopic (exact) mass is 411 g/mol. The van der Waals surface area contributed by atoms with Gasteiger partial charge in [0, 0.05) is 17.1 Å². The lowest BCUT2D eigenvalue weighted by atomic mass is 10.2. The SMILES string of the molecule is C=C(C)C(=O)NC(C)c1nc2ccccc2n1CCCOc1ccc(Cl)c(C)c1. The summed E-state index contributed by atoms with van der Waals surface area (Å²) in [7, 11) is 0. The van der Waals surface area contributed by atoms with Gasteiger partial charge in [-0.25, -0.2) is 4.98 Å². The minimum atomic E-state index is -0.230. The second kappa shape index (κ2) is 9.14. The standard InChI is InChI=1S/C23H26ClN3O2/c1-15(2)23(28)25-17(4)22-26-20-8-5-6-9-21(20)27(22)12-7-13-29-18-10-11-19(24)16(3)14-18/h5-6,8-11,14,17H,1,7,12-13H2,2-4H3,(H,25,28). The molecule has 5 nitrogen and oxygen atoms in total. The Morgan fingerprint density at radius 3 is 2.79 bits per heavy atom. The van der Waals surface area contributed by atoms with Crippen molar-refractivity contribution in [3.8, 4) is 5.75 Å². The molecule has 0 bridgehead atoms. The summed E-state index contributed by atoms with van der Waals surface area (Å²) in [4.78, 5) is 16.8. The van der Waals surface area contributed by atoms with Gasteiger partial charge in [-0.3, -0.25) is 4.79 Å². The molecule has 0 aliphatic heterocycles. The van der Waals surface area contributed by atoms with Gasteiger partial charge in [0.05, 0.1) is 23.7 Å². The van der Waals surface area contributed by atoms with Gasteiger partial charge < -0.3 is 14.6 Å². The Balaban J connectivity index is 1.72. The highest BCUT2D eigenvalue weighted by molar-refractivity contribution is 6.31. The number of carbonyl (C=O) groups is 1. The number of imidazole rings is 1. The summed E-state index contributed by atoms with van der Waals surface area (Å²) in [6, 6.07) is 13.4. The molecule has 0 spiro atoms. The maximum absolute atomic E-state index is 12.0. The first kappa shape index (κ1) is 20.9. The maximum Gasteiger partial charge on any atom is 0.246 e. The molecule has 6 heteroatoms. The van der Waals surface area contributed by atoms with Crippen molar-refractivity contribution in [3.63, 3.8) is 0 Å². The summed E-state index contributed by atoms with van der Waals surface area (Å²) in [6.07, 6.45) is 0.802. The van der Waals surface area contributed by atoms with Gasteiger partial charge in [0.2, 0.25) is 5.91 Å². The predicted octanol–water partition coefficient (Wildman–Crippen LogP) is 5.22. The van der Waals surface area contributed by atoms with Crippen LogP contribution in [0.5, 0.6) is 5.75 Å². The lowest BCUT2D eigenvalue weighted by molar-refractivity contribution is -0.118. The van der Waals surface area contributed by atoms with Crippen molar-refractivity contribution in [2.75, 3.05) is 6.61 Å². The van der Waals surface area contributed by atoms with Crippen LogP contribution in [0.25, 0.3) is 11.0 Å². The third-order valence-corrected chi connectivity index (χ3v) is 5.15. The van der Waals surface area contributed by atoms with Gasteiger partial charge in [0.15, 0.2) is 0 Å². The highest BCUT2D eigenvalue weighted by Gasteiger charge is 2.18. The number of aromatic nitrogens is 2. The molecule has 1 atom stereocenters. The van der Waals surface area contributed by atoms with Gasteiger partial charge in [-0.1, -0.05) is 30.3 Å². The maximum atomic E-state index is 12.0. The first-order valence-electron chi connectivity index (χ1n) is 9.67. The molecule has 2 aromatic carbocycles. The number of hydrogen-bond donors (Lipinski definition) is 1. The van der Waals surface area contributed by atoms with Gasteiger partial charge in [0.1, 0.15) is 11.6 Å². The molecule has 0 saturated carbocycles. The molecule has 1 unspecified atom stereocenters. The Hall–Kier alpha value is -2.79. The molecule has 152 valence electrons. The number of nitrogens with zero attached hydrogens (tertiary/aromatic N) is 2. The fourth-order valence-corrected chi connectivity index (χ4v) is 3.28. The van der Waals surface area contributed by atoms with E-state index in [-0.39, 0.29) is 11.9 Å². The number of fused-ring (bicyclic) bond motifs is 1. The average Bonchev–Trinajstić information content (AvgIpc) is 3.06. The number of hydrogen-bond acceptors (Lipinski definition) is 3. The fourth-order valence-electron chi connectivity index (χ4n) is 3.16. The van der Waals surface area contributed by atoms with Crippen LogP contribution in [0.15, 0.2) is 54.6 Å². The zero-order valence-electron chi connectivity index (χ0n) is 17.0. The van der Waals surface area contributed by atoms with Crippen molar-refractivity contribution in [2.24, 2.45) is 0 Å². The first-order valence-corrected chi connectivity index (χ1v) is 10.0. The molecule has 1 heterocycles. The van der Waals surface area contributed by atoms with E-state index in [2.05, 4.69) is 16.5 Å². The highest BCUT2D eigenvalue weighted by atomic mass is 35.5. The number of benzene rings is 2. The number of aryl methyl sites for hydroxylation is 2. The third-order valence-electron chi connectivity index (χ3n) is 4.73. The van der Waals surface area contributed by atoms with Crippen molar-refractivity contribution in [3.05, 3.63) is 71.0 Å². The van der Waals surface area contributed by atoms with Crippen LogP contribution in [0.4, 0.5) is 0 Å². The lowest BCUT2D eigenvalue weighted by Gasteiger charge is -2.16. The van der Waals surface area contributed by atoms with Crippen LogP contribution in [-0.2, 0) is 11.3 Å². The average molecular weight is 412 g/mol. The number of carbonyl (C=O) groups excluding carboxylic acids is 1. The van der Waals surface area contributed by atoms with Crippen LogP contribution < -0.4 is 10.1 Å². The lowest BCUT2D eigenvalue weighted by Crippen LogP contribution is -2.29. The van der Waals surface area contributed by atoms with E-state index in [0.717, 1.165) is 46.2 Å². The zero-order valence-corrected chi connectivity index (χ0v) is 17.8. The van der Waals surface area contributed by atoms with E-state index in [1.165, 1.54) is 0 Å². The summed E-state index contributed by atoms with van der Waals surface area (Å²) in [5.41, 5.74) is 3.43. The minimum absolute atomic E-state index is 0.169. The fraction of sp³-hybridized carbons (Fsp3) is 0.304. The van der Waals surface area contributed by atoms with E-state index in [1.807, 2.05) is 56.3 Å². The van der Waals surface area contributed by atoms with Crippen molar-refractivity contribution >= 4 is 28.5 Å². The van der Waals surface area contributed by atoms with Gasteiger partial charge in [-0.15, -0.1) is 0 Å². The number of amides is 1. The molecule has 0 saturated heterocycles. The number of halogens is 1. The van der Waals surface area contributed by atoms with Crippen LogP contribution in [0.3, 0.4) is 0 Å². The molecule has 29 heavy (non-hydrogen) atoms. The van der Waals surface area contributed by atoms with E-state index in [1.54, 1.807) is 6.92 Å². The normalized spacial score (nSPS) is 12.0. The minimum Gasteiger partial charge on any atom is -0.494 e. The van der Waals surface area contributed by atoms with Crippen molar-refractivity contribution < 1.29 is 9.53 Å². The van der Waals surface area contributed by atoms with E-state index in [9.17, 15) is 4.79 Å². The molecule has 0 aliphatic rings. The van der Waals surface area contributed by atoms with E-state index in [4.69, 9.17) is 21.3 Å². The molecule has 1 amide bonds. The molecular weight excluding hydrogens is 386 g/mol. The predicted molar refractivity (Wildman–Crippen MR) is 117 cm³/mol. The number of nitrogens with one attached hydrogen (secondary N) is 1. The molecule has 0 fully saturated rings. The summed E-state index contributed by atoms with van der Waals surface area (Å²) < 4.78 is 8.02. The highest BCUT2D eigenvalue weighted by Crippen LogP contribution is 2.23. The van der Waals surface area contributed by atoms with Gasteiger partial charge in [-0.05, 0) is 63.1 Å². The van der Waals surface area contributed by atoms with Crippen LogP contribution in [0, 0.1) is 6.92 Å². The molecular formula is C23H26ClN3O2. The Morgan fingerprint density at radius 1 is 1.31 bits per heavy atom. The van der Waals surface area contributed by atoms with Crippen LogP contribution in [0.2, 0.25) is 5.02 Å². The molecule has 0 radical (unpaired) electrons. The second-order valence-corrected chi connectivity index (χ2v) is 7.61. The summed E-state index contributed by atoms with van der Waals surface area (Å²) in [5.74, 6) is 1.46. The van der Waals surface area contributed by atoms with Crippen LogP contribution in [-0.4, -0.2) is 22.1 Å². The molecule has 0 aliphatic carbocycles. The third kappa shape index (κ3) is 4.98. The van der Waals surface area contributed by atoms with Crippen LogP contribution >= 0.6 is 11.6 Å². The Labute approximate surface area is 176 Å². The molecule has 3 rings (SSSR count). The van der Waals surface area contributed by atoms with E-state index in [0.29, 0.717) is 12.2 Å². The molecule has 1 N–H and O–H groups in total. The first-order chi connectivity index (χ1) is 13.9. The van der Waals surface area contributed by atoms with Crippen LogP contribution in [0.1, 0.15) is 37.7 Å². The van der Waals surface area contributed by atoms with Gasteiger partial charge in [-0.2, -0.15) is 0 Å². The summed E-state index contributed by atoms with van der Waals surface area (Å²) in [5, 5.41) is 3.69. The summed E-state index contributed by atoms with van der Waals surface area (Å²) >= 11 is 6.07. The number of rotatable bonds is 8. The Bertz CT molecular complexity index is 1040. The van der Waals surface area contributed by atoms with Gasteiger partial charge in [0.25, 0.3) is 0 Å². The summed E-state index contributed by atoms with van der Waals surface area (Å²) in [6.45, 7) is 10.6. The topological polar surface area (TPSA) is 56.2 Å². The largest absolute Gasteiger partial charge is 0.494 e. The molecule has 3 aromatic rings. The van der Waals surface area contributed by atoms with Crippen molar-refractivity contribution in [1.29, 1.82) is 0 Å². The second-order valence-electron chi connectivity index (χ2n) is 7.20. The Morgan fingerprint density at radius 2 is 2.07 bits per heavy atom. The zero-order chi connectivity index (χ0) is 21.0. The van der Waals surface area contributed by atoms with Crippen molar-refractivity contribution in [1.82, 2.24) is 14.9 Å². The number of ether oxygens (including phenoxy) is 1. The smallest absolute Gasteiger partial charge is 0.246 e. The van der Waals surface area contributed by atoms with Gasteiger partial charge >= 0.3 is 0 Å². The quantitative estimate of drug-likeness (QED) is 0.408. The Kier molecular flexibility index (Phi) is 6.60. The molecule has 1 aromatic heterocycles. The van der Waals surface area contributed by atoms with E-state index < -0.39 is 0 Å².